The molecule has 2 aromatic carbocycles. The van der Waals surface area contributed by atoms with Gasteiger partial charge in [0.15, 0.2) is 22.1 Å². The smallest absolute Gasteiger partial charge is 0.395 e. The van der Waals surface area contributed by atoms with Crippen molar-refractivity contribution < 1.29 is 18.2 Å². The zero-order chi connectivity index (χ0) is 26.8. The number of benzene rings is 2. The molecule has 5 rings (SSSR count). The van der Waals surface area contributed by atoms with Crippen molar-refractivity contribution in [3.05, 3.63) is 80.7 Å². The summed E-state index contributed by atoms with van der Waals surface area (Å²) in [6.45, 7) is 1.42. The van der Waals surface area contributed by atoms with Crippen LogP contribution in [-0.2, 0) is 11.3 Å². The molecule has 0 saturated carbocycles. The summed E-state index contributed by atoms with van der Waals surface area (Å²) in [5, 5.41) is 8.27. The third-order valence-corrected chi connectivity index (χ3v) is 7.27. The summed E-state index contributed by atoms with van der Waals surface area (Å²) in [6, 6.07) is 13.8. The van der Waals surface area contributed by atoms with Gasteiger partial charge in [-0.15, -0.1) is 0 Å². The molecule has 0 aliphatic carbocycles. The van der Waals surface area contributed by atoms with E-state index in [2.05, 4.69) is 10.5 Å². The monoisotopic (exact) mass is 595 g/mol. The summed E-state index contributed by atoms with van der Waals surface area (Å²) in [5.74, 6) is -0.409. The standard InChI is InChI=1S/C26H21Cl4N3O5/c27-17-7-2-8-18(28)22(17)19-11-20(38-32-19)14-4-1-6-16(10-14)33(25(34)24(29)30)13-21-23(37-26(35)36-21)15-5-3-9-31-12-15/h1-2,4,6-8,10-11,15,24,31H,3,5,9,12-13H2. The molecular formula is C26H21Cl4N3O5. The van der Waals surface area contributed by atoms with E-state index in [9.17, 15) is 9.59 Å². The van der Waals surface area contributed by atoms with Crippen molar-refractivity contribution in [2.75, 3.05) is 18.0 Å². The second-order valence-electron chi connectivity index (χ2n) is 8.73. The first kappa shape index (κ1) is 26.8. The van der Waals surface area contributed by atoms with Crippen LogP contribution >= 0.6 is 46.4 Å². The van der Waals surface area contributed by atoms with Gasteiger partial charge in [-0.3, -0.25) is 4.79 Å². The van der Waals surface area contributed by atoms with Crippen molar-refractivity contribution in [1.82, 2.24) is 10.5 Å². The number of hydrogen-bond donors (Lipinski definition) is 1. The summed E-state index contributed by atoms with van der Waals surface area (Å²) in [5.41, 5.74) is 2.07. The Hall–Kier alpha value is -2.75. The molecule has 2 aromatic heterocycles. The number of piperidine rings is 1. The maximum Gasteiger partial charge on any atom is 0.519 e. The van der Waals surface area contributed by atoms with Crippen molar-refractivity contribution in [3.8, 4) is 22.6 Å². The maximum absolute atomic E-state index is 13.1. The van der Waals surface area contributed by atoms with Crippen LogP contribution in [0, 0.1) is 0 Å². The van der Waals surface area contributed by atoms with E-state index < -0.39 is 16.6 Å². The normalized spacial score (nSPS) is 15.7. The number of rotatable bonds is 7. The highest BCUT2D eigenvalue weighted by Crippen LogP contribution is 2.37. The summed E-state index contributed by atoms with van der Waals surface area (Å²) in [4.78, 5) is 25.1. The van der Waals surface area contributed by atoms with Crippen LogP contribution in [0.25, 0.3) is 22.6 Å². The van der Waals surface area contributed by atoms with Gasteiger partial charge >= 0.3 is 5.82 Å². The maximum atomic E-state index is 13.1. The van der Waals surface area contributed by atoms with Gasteiger partial charge in [0.1, 0.15) is 5.69 Å². The Bertz CT molecular complexity index is 1490. The fraction of sp³-hybridized carbons (Fsp3) is 0.269. The van der Waals surface area contributed by atoms with E-state index in [1.54, 1.807) is 48.5 Å². The third-order valence-electron chi connectivity index (χ3n) is 6.27. The Balaban J connectivity index is 1.48. The number of hydrogen-bond acceptors (Lipinski definition) is 7. The second kappa shape index (κ2) is 11.6. The number of alkyl halides is 2. The molecule has 1 amide bonds. The van der Waals surface area contributed by atoms with E-state index in [1.807, 2.05) is 0 Å². The van der Waals surface area contributed by atoms with Gasteiger partial charge in [-0.05, 0) is 43.7 Å². The van der Waals surface area contributed by atoms with Crippen LogP contribution in [0.2, 0.25) is 10.0 Å². The molecule has 0 radical (unpaired) electrons. The molecule has 198 valence electrons. The molecule has 38 heavy (non-hydrogen) atoms. The fourth-order valence-corrected chi connectivity index (χ4v) is 5.30. The SMILES string of the molecule is O=C(C(Cl)Cl)N(Cc1oc(=O)oc1C1CCCNC1)c1cccc(-c2cc(-c3c(Cl)cccc3Cl)no2)c1. The molecule has 1 aliphatic rings. The van der Waals surface area contributed by atoms with E-state index in [4.69, 9.17) is 59.8 Å². The van der Waals surface area contributed by atoms with Crippen molar-refractivity contribution in [2.45, 2.75) is 30.1 Å². The van der Waals surface area contributed by atoms with Gasteiger partial charge in [0, 0.05) is 35.3 Å². The second-order valence-corrected chi connectivity index (χ2v) is 10.6. The minimum atomic E-state index is -1.35. The molecule has 1 N–H and O–H groups in total. The molecule has 4 aromatic rings. The third kappa shape index (κ3) is 5.65. The minimum Gasteiger partial charge on any atom is -0.395 e. The first-order valence-electron chi connectivity index (χ1n) is 11.8. The lowest BCUT2D eigenvalue weighted by atomic mass is 9.96. The van der Waals surface area contributed by atoms with Crippen LogP contribution < -0.4 is 16.0 Å². The van der Waals surface area contributed by atoms with Crippen LogP contribution in [-0.4, -0.2) is 29.0 Å². The Morgan fingerprint density at radius 1 is 1.11 bits per heavy atom. The molecule has 8 nitrogen and oxygen atoms in total. The predicted octanol–water partition coefficient (Wildman–Crippen LogP) is 6.67. The number of aromatic nitrogens is 1. The number of nitrogens with zero attached hydrogens (tertiary/aromatic N) is 2. The van der Waals surface area contributed by atoms with Crippen LogP contribution in [0.5, 0.6) is 0 Å². The lowest BCUT2D eigenvalue weighted by molar-refractivity contribution is -0.117. The largest absolute Gasteiger partial charge is 0.519 e. The minimum absolute atomic E-state index is 0.0551. The molecule has 1 saturated heterocycles. The molecule has 1 atom stereocenters. The number of carbonyl (C=O) groups excluding carboxylic acids is 1. The van der Waals surface area contributed by atoms with Crippen LogP contribution in [0.4, 0.5) is 5.69 Å². The zero-order valence-corrected chi connectivity index (χ0v) is 22.8. The van der Waals surface area contributed by atoms with Gasteiger partial charge in [-0.25, -0.2) is 4.79 Å². The molecule has 0 spiro atoms. The lowest BCUT2D eigenvalue weighted by Gasteiger charge is -2.25. The molecule has 1 unspecified atom stereocenters. The fourth-order valence-electron chi connectivity index (χ4n) is 4.47. The van der Waals surface area contributed by atoms with Crippen molar-refractivity contribution >= 4 is 58.0 Å². The highest BCUT2D eigenvalue weighted by atomic mass is 35.5. The van der Waals surface area contributed by atoms with Crippen molar-refractivity contribution in [1.29, 1.82) is 0 Å². The number of halogens is 4. The van der Waals surface area contributed by atoms with Crippen LogP contribution in [0.3, 0.4) is 0 Å². The van der Waals surface area contributed by atoms with E-state index in [0.29, 0.717) is 50.6 Å². The van der Waals surface area contributed by atoms with Gasteiger partial charge in [-0.1, -0.05) is 69.8 Å². The number of carbonyl (C=O) groups is 1. The summed E-state index contributed by atoms with van der Waals surface area (Å²) >= 11 is 24.6. The van der Waals surface area contributed by atoms with Gasteiger partial charge in [0.2, 0.25) is 0 Å². The predicted molar refractivity (Wildman–Crippen MR) is 146 cm³/mol. The molecule has 1 fully saturated rings. The van der Waals surface area contributed by atoms with Crippen molar-refractivity contribution in [2.24, 2.45) is 0 Å². The van der Waals surface area contributed by atoms with Crippen molar-refractivity contribution in [3.63, 3.8) is 0 Å². The van der Waals surface area contributed by atoms with Gasteiger partial charge in [-0.2, -0.15) is 0 Å². The highest BCUT2D eigenvalue weighted by Gasteiger charge is 2.30. The van der Waals surface area contributed by atoms with Gasteiger partial charge in [0.05, 0.1) is 16.6 Å². The zero-order valence-electron chi connectivity index (χ0n) is 19.8. The quantitative estimate of drug-likeness (QED) is 0.238. The summed E-state index contributed by atoms with van der Waals surface area (Å²) in [6.07, 6.45) is 1.75. The molecule has 0 bridgehead atoms. The topological polar surface area (TPSA) is 102 Å². The molecular weight excluding hydrogens is 576 g/mol. The molecule has 1 aliphatic heterocycles. The first-order chi connectivity index (χ1) is 18.3. The number of nitrogens with one attached hydrogen (secondary N) is 1. The summed E-state index contributed by atoms with van der Waals surface area (Å²) < 4.78 is 16.3. The van der Waals surface area contributed by atoms with Gasteiger partial charge in [0.25, 0.3) is 5.91 Å². The molecule has 3 heterocycles. The number of anilines is 1. The average Bonchev–Trinajstić information content (AvgIpc) is 3.54. The number of amides is 1. The summed E-state index contributed by atoms with van der Waals surface area (Å²) in [7, 11) is 0. The Kier molecular flexibility index (Phi) is 8.16. The first-order valence-corrected chi connectivity index (χ1v) is 13.4. The van der Waals surface area contributed by atoms with E-state index in [-0.39, 0.29) is 18.2 Å². The highest BCUT2D eigenvalue weighted by molar-refractivity contribution is 6.54. The lowest BCUT2D eigenvalue weighted by Crippen LogP contribution is -2.35. The molecule has 12 heteroatoms. The average molecular weight is 597 g/mol. The Labute approximate surface area is 237 Å². The van der Waals surface area contributed by atoms with Gasteiger partial charge < -0.3 is 23.6 Å². The Morgan fingerprint density at radius 3 is 2.58 bits per heavy atom. The van der Waals surface area contributed by atoms with Crippen LogP contribution in [0.1, 0.15) is 30.3 Å². The van der Waals surface area contributed by atoms with E-state index in [0.717, 1.165) is 19.4 Å². The van der Waals surface area contributed by atoms with E-state index >= 15 is 0 Å². The Morgan fingerprint density at radius 2 is 1.87 bits per heavy atom. The van der Waals surface area contributed by atoms with Crippen LogP contribution in [0.15, 0.2) is 66.7 Å². The van der Waals surface area contributed by atoms with E-state index in [1.165, 1.54) is 4.90 Å².